The van der Waals surface area contributed by atoms with Gasteiger partial charge in [-0.05, 0) is 19.1 Å². The van der Waals surface area contributed by atoms with Gasteiger partial charge in [0.2, 0.25) is 0 Å². The van der Waals surface area contributed by atoms with Crippen molar-refractivity contribution in [3.05, 3.63) is 40.1 Å². The molecule has 1 aromatic carbocycles. The SMILES string of the molecule is Cc1ncsc1CNc1cccc(F)c1N. The second-order valence-electron chi connectivity index (χ2n) is 3.42. The fourth-order valence-electron chi connectivity index (χ4n) is 1.36. The Balaban J connectivity index is 2.11. The van der Waals surface area contributed by atoms with E-state index < -0.39 is 5.82 Å². The summed E-state index contributed by atoms with van der Waals surface area (Å²) < 4.78 is 13.1. The number of halogens is 1. The minimum Gasteiger partial charge on any atom is -0.395 e. The number of aryl methyl sites for hydroxylation is 1. The van der Waals surface area contributed by atoms with Crippen molar-refractivity contribution in [1.29, 1.82) is 0 Å². The van der Waals surface area contributed by atoms with E-state index in [2.05, 4.69) is 10.3 Å². The van der Waals surface area contributed by atoms with Gasteiger partial charge < -0.3 is 11.1 Å². The highest BCUT2D eigenvalue weighted by molar-refractivity contribution is 7.09. The van der Waals surface area contributed by atoms with Gasteiger partial charge in [-0.1, -0.05) is 6.07 Å². The van der Waals surface area contributed by atoms with Crippen molar-refractivity contribution in [2.45, 2.75) is 13.5 Å². The van der Waals surface area contributed by atoms with E-state index >= 15 is 0 Å². The van der Waals surface area contributed by atoms with Crippen LogP contribution in [-0.4, -0.2) is 4.98 Å². The topological polar surface area (TPSA) is 50.9 Å². The van der Waals surface area contributed by atoms with Gasteiger partial charge in [-0.3, -0.25) is 0 Å². The van der Waals surface area contributed by atoms with Crippen LogP contribution in [0.3, 0.4) is 0 Å². The molecule has 0 radical (unpaired) electrons. The van der Waals surface area contributed by atoms with Crippen LogP contribution in [0, 0.1) is 12.7 Å². The van der Waals surface area contributed by atoms with Gasteiger partial charge in [0, 0.05) is 4.88 Å². The van der Waals surface area contributed by atoms with Gasteiger partial charge >= 0.3 is 0 Å². The number of nitrogen functional groups attached to an aromatic ring is 1. The van der Waals surface area contributed by atoms with Crippen molar-refractivity contribution in [3.63, 3.8) is 0 Å². The van der Waals surface area contributed by atoms with E-state index in [1.54, 1.807) is 29.0 Å². The van der Waals surface area contributed by atoms with Crippen molar-refractivity contribution in [3.8, 4) is 0 Å². The summed E-state index contributed by atoms with van der Waals surface area (Å²) in [5.41, 5.74) is 9.17. The van der Waals surface area contributed by atoms with Crippen LogP contribution in [0.15, 0.2) is 23.7 Å². The highest BCUT2D eigenvalue weighted by atomic mass is 32.1. The van der Waals surface area contributed by atoms with Gasteiger partial charge in [0.25, 0.3) is 0 Å². The number of benzene rings is 1. The average molecular weight is 237 g/mol. The van der Waals surface area contributed by atoms with Crippen LogP contribution in [0.1, 0.15) is 10.6 Å². The summed E-state index contributed by atoms with van der Waals surface area (Å²) in [6, 6.07) is 4.74. The summed E-state index contributed by atoms with van der Waals surface area (Å²) in [5.74, 6) is -0.397. The fourth-order valence-corrected chi connectivity index (χ4v) is 2.08. The molecule has 16 heavy (non-hydrogen) atoms. The van der Waals surface area contributed by atoms with E-state index in [9.17, 15) is 4.39 Å². The van der Waals surface area contributed by atoms with Gasteiger partial charge in [-0.25, -0.2) is 9.37 Å². The maximum absolute atomic E-state index is 13.1. The van der Waals surface area contributed by atoms with Crippen molar-refractivity contribution < 1.29 is 4.39 Å². The Bertz CT molecular complexity index is 496. The first-order valence-corrected chi connectivity index (χ1v) is 5.73. The van der Waals surface area contributed by atoms with Gasteiger partial charge in [-0.15, -0.1) is 11.3 Å². The Hall–Kier alpha value is -1.62. The molecule has 84 valence electrons. The third-order valence-electron chi connectivity index (χ3n) is 2.34. The molecule has 0 saturated heterocycles. The van der Waals surface area contributed by atoms with Crippen LogP contribution < -0.4 is 11.1 Å². The summed E-state index contributed by atoms with van der Waals surface area (Å²) in [6.07, 6.45) is 0. The lowest BCUT2D eigenvalue weighted by Gasteiger charge is -2.08. The number of nitrogens with two attached hydrogens (primary N) is 1. The molecule has 0 spiro atoms. The number of anilines is 2. The first-order chi connectivity index (χ1) is 7.68. The number of aromatic nitrogens is 1. The normalized spacial score (nSPS) is 10.4. The molecule has 5 heteroatoms. The molecular formula is C11H12FN3S. The monoisotopic (exact) mass is 237 g/mol. The van der Waals surface area contributed by atoms with Gasteiger partial charge in [0.05, 0.1) is 29.1 Å². The van der Waals surface area contributed by atoms with Gasteiger partial charge in [0.1, 0.15) is 5.82 Å². The minimum absolute atomic E-state index is 0.157. The molecule has 2 aromatic rings. The van der Waals surface area contributed by atoms with Crippen molar-refractivity contribution in [2.75, 3.05) is 11.1 Å². The number of nitrogens with one attached hydrogen (secondary N) is 1. The first-order valence-electron chi connectivity index (χ1n) is 4.85. The summed E-state index contributed by atoms with van der Waals surface area (Å²) in [5, 5.41) is 3.10. The Morgan fingerprint density at radius 2 is 2.31 bits per heavy atom. The smallest absolute Gasteiger partial charge is 0.148 e. The first kappa shape index (κ1) is 10.9. The lowest BCUT2D eigenvalue weighted by molar-refractivity contribution is 0.633. The molecule has 0 aliphatic carbocycles. The highest BCUT2D eigenvalue weighted by Crippen LogP contribution is 2.22. The van der Waals surface area contributed by atoms with Crippen LogP contribution in [0.4, 0.5) is 15.8 Å². The lowest BCUT2D eigenvalue weighted by atomic mass is 10.2. The lowest BCUT2D eigenvalue weighted by Crippen LogP contribution is -2.03. The molecule has 2 rings (SSSR count). The van der Waals surface area contributed by atoms with E-state index in [0.717, 1.165) is 10.6 Å². The molecule has 0 aliphatic heterocycles. The predicted molar refractivity (Wildman–Crippen MR) is 65.0 cm³/mol. The van der Waals surface area contributed by atoms with Gasteiger partial charge in [-0.2, -0.15) is 0 Å². The molecule has 0 bridgehead atoms. The second-order valence-corrected chi connectivity index (χ2v) is 4.35. The molecule has 1 heterocycles. The Labute approximate surface area is 97.1 Å². The third-order valence-corrected chi connectivity index (χ3v) is 3.27. The molecule has 0 atom stereocenters. The number of thiazole rings is 1. The van der Waals surface area contributed by atoms with Gasteiger partial charge in [0.15, 0.2) is 0 Å². The Morgan fingerprint density at radius 1 is 1.50 bits per heavy atom. The Morgan fingerprint density at radius 3 is 3.00 bits per heavy atom. The van der Waals surface area contributed by atoms with Crippen LogP contribution in [-0.2, 0) is 6.54 Å². The maximum atomic E-state index is 13.1. The summed E-state index contributed by atoms with van der Waals surface area (Å²) >= 11 is 1.57. The largest absolute Gasteiger partial charge is 0.395 e. The second kappa shape index (κ2) is 4.49. The fraction of sp³-hybridized carbons (Fsp3) is 0.182. The number of para-hydroxylation sites is 1. The maximum Gasteiger partial charge on any atom is 0.148 e. The molecule has 3 N–H and O–H groups in total. The van der Waals surface area contributed by atoms with E-state index in [0.29, 0.717) is 12.2 Å². The van der Waals surface area contributed by atoms with E-state index in [1.165, 1.54) is 6.07 Å². The van der Waals surface area contributed by atoms with E-state index in [-0.39, 0.29) is 5.69 Å². The molecule has 3 nitrogen and oxygen atoms in total. The summed E-state index contributed by atoms with van der Waals surface area (Å²) in [7, 11) is 0. The molecule has 0 fully saturated rings. The standard InChI is InChI=1S/C11H12FN3S/c1-7-10(16-6-15-7)5-14-9-4-2-3-8(12)11(9)13/h2-4,6,14H,5,13H2,1H3. The minimum atomic E-state index is -0.397. The number of nitrogens with zero attached hydrogens (tertiary/aromatic N) is 1. The predicted octanol–water partition coefficient (Wildman–Crippen LogP) is 2.78. The molecule has 0 aliphatic rings. The van der Waals surface area contributed by atoms with Crippen molar-refractivity contribution >= 4 is 22.7 Å². The van der Waals surface area contributed by atoms with E-state index in [4.69, 9.17) is 5.73 Å². The molecule has 0 saturated carbocycles. The number of hydrogen-bond acceptors (Lipinski definition) is 4. The zero-order chi connectivity index (χ0) is 11.5. The van der Waals surface area contributed by atoms with E-state index in [1.807, 2.05) is 6.92 Å². The van der Waals surface area contributed by atoms with Crippen LogP contribution in [0.2, 0.25) is 0 Å². The van der Waals surface area contributed by atoms with Crippen LogP contribution in [0.25, 0.3) is 0 Å². The molecule has 0 amide bonds. The molecular weight excluding hydrogens is 225 g/mol. The van der Waals surface area contributed by atoms with Crippen LogP contribution >= 0.6 is 11.3 Å². The average Bonchev–Trinajstić information content (AvgIpc) is 2.67. The highest BCUT2D eigenvalue weighted by Gasteiger charge is 2.05. The van der Waals surface area contributed by atoms with Crippen molar-refractivity contribution in [1.82, 2.24) is 4.98 Å². The quantitative estimate of drug-likeness (QED) is 0.807. The number of hydrogen-bond donors (Lipinski definition) is 2. The number of rotatable bonds is 3. The molecule has 1 aromatic heterocycles. The molecule has 0 unspecified atom stereocenters. The zero-order valence-electron chi connectivity index (χ0n) is 8.83. The summed E-state index contributed by atoms with van der Waals surface area (Å²) in [4.78, 5) is 5.27. The third kappa shape index (κ3) is 2.14. The summed E-state index contributed by atoms with van der Waals surface area (Å²) in [6.45, 7) is 2.56. The van der Waals surface area contributed by atoms with Crippen LogP contribution in [0.5, 0.6) is 0 Å². The van der Waals surface area contributed by atoms with Crippen molar-refractivity contribution in [2.24, 2.45) is 0 Å². The zero-order valence-corrected chi connectivity index (χ0v) is 9.64. The Kier molecular flexibility index (Phi) is 3.05.